The van der Waals surface area contributed by atoms with Crippen LogP contribution in [0.25, 0.3) is 0 Å². The number of pyridine rings is 1. The molecule has 0 bridgehead atoms. The Morgan fingerprint density at radius 2 is 2.40 bits per heavy atom. The topological polar surface area (TPSA) is 50.9 Å². The molecule has 1 saturated carbocycles. The van der Waals surface area contributed by atoms with E-state index in [1.165, 1.54) is 12.8 Å². The summed E-state index contributed by atoms with van der Waals surface area (Å²) >= 11 is 4.98. The molecular weight excluding hydrogens is 206 g/mol. The van der Waals surface area contributed by atoms with E-state index >= 15 is 0 Å². The molecule has 0 aromatic carbocycles. The number of nitrogens with one attached hydrogen (secondary N) is 1. The summed E-state index contributed by atoms with van der Waals surface area (Å²) in [5.41, 5.74) is 7.92. The SMILES string of the molecule is CC1(CNc2cnccc2C(N)=S)CC1. The number of nitrogens with zero attached hydrogens (tertiary/aromatic N) is 1. The molecule has 1 aromatic rings. The van der Waals surface area contributed by atoms with Crippen LogP contribution in [0.3, 0.4) is 0 Å². The molecule has 0 radical (unpaired) electrons. The minimum atomic E-state index is 0.417. The molecular formula is C11H15N3S. The fourth-order valence-corrected chi connectivity index (χ4v) is 1.63. The molecule has 3 nitrogen and oxygen atoms in total. The Bertz CT molecular complexity index is 385. The fraction of sp³-hybridized carbons (Fsp3) is 0.455. The van der Waals surface area contributed by atoms with Crippen LogP contribution in [0.5, 0.6) is 0 Å². The van der Waals surface area contributed by atoms with Crippen molar-refractivity contribution in [3.05, 3.63) is 24.0 Å². The monoisotopic (exact) mass is 221 g/mol. The zero-order chi connectivity index (χ0) is 10.9. The van der Waals surface area contributed by atoms with E-state index in [-0.39, 0.29) is 0 Å². The number of hydrogen-bond acceptors (Lipinski definition) is 3. The maximum Gasteiger partial charge on any atom is 0.106 e. The van der Waals surface area contributed by atoms with E-state index in [1.807, 2.05) is 6.07 Å². The number of nitrogens with two attached hydrogens (primary N) is 1. The lowest BCUT2D eigenvalue weighted by atomic mass is 10.1. The molecule has 3 N–H and O–H groups in total. The van der Waals surface area contributed by atoms with E-state index in [4.69, 9.17) is 18.0 Å². The first-order valence-electron chi connectivity index (χ1n) is 5.08. The lowest BCUT2D eigenvalue weighted by molar-refractivity contribution is 0.610. The number of rotatable bonds is 4. The van der Waals surface area contributed by atoms with Gasteiger partial charge < -0.3 is 11.1 Å². The number of thiocarbonyl (C=S) groups is 1. The predicted molar refractivity (Wildman–Crippen MR) is 66.0 cm³/mol. The van der Waals surface area contributed by atoms with Gasteiger partial charge in [-0.1, -0.05) is 19.1 Å². The Labute approximate surface area is 95.1 Å². The number of anilines is 1. The van der Waals surface area contributed by atoms with Gasteiger partial charge in [-0.25, -0.2) is 0 Å². The molecule has 1 fully saturated rings. The van der Waals surface area contributed by atoms with Crippen molar-refractivity contribution in [1.29, 1.82) is 0 Å². The van der Waals surface area contributed by atoms with Crippen molar-refractivity contribution in [1.82, 2.24) is 4.98 Å². The first-order valence-corrected chi connectivity index (χ1v) is 5.49. The lowest BCUT2D eigenvalue weighted by Crippen LogP contribution is -2.17. The van der Waals surface area contributed by atoms with Crippen LogP contribution >= 0.6 is 12.2 Å². The minimum Gasteiger partial charge on any atom is -0.389 e. The molecule has 0 unspecified atom stereocenters. The fourth-order valence-electron chi connectivity index (χ4n) is 1.45. The van der Waals surface area contributed by atoms with Crippen molar-refractivity contribution in [2.45, 2.75) is 19.8 Å². The Morgan fingerprint density at radius 1 is 1.67 bits per heavy atom. The average molecular weight is 221 g/mol. The van der Waals surface area contributed by atoms with Crippen molar-refractivity contribution in [2.75, 3.05) is 11.9 Å². The minimum absolute atomic E-state index is 0.417. The van der Waals surface area contributed by atoms with Crippen LogP contribution in [0.1, 0.15) is 25.3 Å². The third kappa shape index (κ3) is 2.45. The van der Waals surface area contributed by atoms with Crippen LogP contribution in [0.2, 0.25) is 0 Å². The lowest BCUT2D eigenvalue weighted by Gasteiger charge is -2.13. The first kappa shape index (κ1) is 10.4. The summed E-state index contributed by atoms with van der Waals surface area (Å²) in [6.45, 7) is 3.24. The van der Waals surface area contributed by atoms with Crippen molar-refractivity contribution < 1.29 is 0 Å². The highest BCUT2D eigenvalue weighted by molar-refractivity contribution is 7.80. The molecule has 0 spiro atoms. The molecule has 1 heterocycles. The van der Waals surface area contributed by atoms with Crippen LogP contribution in [0.15, 0.2) is 18.5 Å². The van der Waals surface area contributed by atoms with E-state index < -0.39 is 0 Å². The second kappa shape index (κ2) is 3.77. The summed E-state index contributed by atoms with van der Waals surface area (Å²) in [6, 6.07) is 1.85. The van der Waals surface area contributed by atoms with Gasteiger partial charge in [0.15, 0.2) is 0 Å². The molecule has 1 aliphatic rings. The van der Waals surface area contributed by atoms with Gasteiger partial charge in [-0.05, 0) is 24.3 Å². The second-order valence-corrected chi connectivity index (χ2v) is 4.89. The van der Waals surface area contributed by atoms with E-state index in [1.54, 1.807) is 12.4 Å². The Balaban J connectivity index is 2.09. The molecule has 15 heavy (non-hydrogen) atoms. The van der Waals surface area contributed by atoms with Crippen molar-refractivity contribution >= 4 is 22.9 Å². The molecule has 80 valence electrons. The normalized spacial score (nSPS) is 17.1. The molecule has 0 amide bonds. The van der Waals surface area contributed by atoms with Crippen molar-refractivity contribution in [2.24, 2.45) is 11.1 Å². The maximum absolute atomic E-state index is 5.63. The molecule has 1 aromatic heterocycles. The maximum atomic E-state index is 5.63. The number of hydrogen-bond donors (Lipinski definition) is 2. The quantitative estimate of drug-likeness (QED) is 0.763. The molecule has 2 rings (SSSR count). The smallest absolute Gasteiger partial charge is 0.106 e. The van der Waals surface area contributed by atoms with Crippen molar-refractivity contribution in [3.63, 3.8) is 0 Å². The predicted octanol–water partition coefficient (Wildman–Crippen LogP) is 1.93. The third-order valence-corrected chi connectivity index (χ3v) is 3.12. The van der Waals surface area contributed by atoms with Gasteiger partial charge in [0.2, 0.25) is 0 Å². The third-order valence-electron chi connectivity index (χ3n) is 2.90. The average Bonchev–Trinajstić information content (AvgIpc) is 2.95. The van der Waals surface area contributed by atoms with E-state index in [2.05, 4.69) is 17.2 Å². The summed E-state index contributed by atoms with van der Waals surface area (Å²) in [5, 5.41) is 3.37. The molecule has 0 saturated heterocycles. The Kier molecular flexibility index (Phi) is 2.61. The van der Waals surface area contributed by atoms with Crippen LogP contribution in [0, 0.1) is 5.41 Å². The highest BCUT2D eigenvalue weighted by Gasteiger charge is 2.36. The summed E-state index contributed by atoms with van der Waals surface area (Å²) in [5.74, 6) is 0. The number of aromatic nitrogens is 1. The van der Waals surface area contributed by atoms with Gasteiger partial charge in [-0.2, -0.15) is 0 Å². The first-order chi connectivity index (χ1) is 7.11. The largest absolute Gasteiger partial charge is 0.389 e. The summed E-state index contributed by atoms with van der Waals surface area (Å²) in [7, 11) is 0. The Morgan fingerprint density at radius 3 is 3.00 bits per heavy atom. The molecule has 0 atom stereocenters. The van der Waals surface area contributed by atoms with Gasteiger partial charge in [-0.15, -0.1) is 0 Å². The molecule has 0 aliphatic heterocycles. The summed E-state index contributed by atoms with van der Waals surface area (Å²) in [4.78, 5) is 4.49. The second-order valence-electron chi connectivity index (χ2n) is 4.45. The zero-order valence-corrected chi connectivity index (χ0v) is 9.60. The molecule has 4 heteroatoms. The highest BCUT2D eigenvalue weighted by atomic mass is 32.1. The van der Waals surface area contributed by atoms with Crippen LogP contribution in [-0.4, -0.2) is 16.5 Å². The summed E-state index contributed by atoms with van der Waals surface area (Å²) < 4.78 is 0. The van der Waals surface area contributed by atoms with Gasteiger partial charge in [0.05, 0.1) is 11.9 Å². The standard InChI is InChI=1S/C11H15N3S/c1-11(3-4-11)7-14-9-6-13-5-2-8(9)10(12)15/h2,5-6,14H,3-4,7H2,1H3,(H2,12,15). The summed E-state index contributed by atoms with van der Waals surface area (Å²) in [6.07, 6.45) is 6.07. The highest BCUT2D eigenvalue weighted by Crippen LogP contribution is 2.44. The Hall–Kier alpha value is -1.16. The van der Waals surface area contributed by atoms with Crippen molar-refractivity contribution in [3.8, 4) is 0 Å². The van der Waals surface area contributed by atoms with Gasteiger partial charge in [0.25, 0.3) is 0 Å². The zero-order valence-electron chi connectivity index (χ0n) is 8.79. The van der Waals surface area contributed by atoms with Gasteiger partial charge >= 0.3 is 0 Å². The van der Waals surface area contributed by atoms with E-state index in [0.29, 0.717) is 10.4 Å². The van der Waals surface area contributed by atoms with Gasteiger partial charge in [0.1, 0.15) is 4.99 Å². The van der Waals surface area contributed by atoms with E-state index in [9.17, 15) is 0 Å². The van der Waals surface area contributed by atoms with Gasteiger partial charge in [0, 0.05) is 18.3 Å². The van der Waals surface area contributed by atoms with E-state index in [0.717, 1.165) is 17.8 Å². The van der Waals surface area contributed by atoms with Gasteiger partial charge in [-0.3, -0.25) is 4.98 Å². The van der Waals surface area contributed by atoms with Crippen LogP contribution in [0.4, 0.5) is 5.69 Å². The molecule has 1 aliphatic carbocycles. The van der Waals surface area contributed by atoms with Crippen LogP contribution < -0.4 is 11.1 Å². The van der Waals surface area contributed by atoms with Crippen LogP contribution in [-0.2, 0) is 0 Å².